The molecule has 0 fully saturated rings. The summed E-state index contributed by atoms with van der Waals surface area (Å²) in [6, 6.07) is 9.74. The Hall–Kier alpha value is -2.34. The summed E-state index contributed by atoms with van der Waals surface area (Å²) in [6.07, 6.45) is 4.68. The van der Waals surface area contributed by atoms with E-state index in [1.54, 1.807) is 6.07 Å². The maximum absolute atomic E-state index is 12.2. The fourth-order valence-corrected chi connectivity index (χ4v) is 4.22. The molecule has 1 unspecified atom stereocenters. The molecule has 0 amide bonds. The molecule has 1 aromatic carbocycles. The summed E-state index contributed by atoms with van der Waals surface area (Å²) < 4.78 is 10.4. The Morgan fingerprint density at radius 2 is 1.88 bits per heavy atom. The number of aromatic nitrogens is 1. The molecule has 0 aliphatic heterocycles. The molecule has 2 aromatic rings. The van der Waals surface area contributed by atoms with Crippen LogP contribution < -0.4 is 0 Å². The Labute approximate surface area is 196 Å². The van der Waals surface area contributed by atoms with E-state index in [0.29, 0.717) is 28.9 Å². The van der Waals surface area contributed by atoms with Crippen LogP contribution in [0.15, 0.2) is 35.4 Å². The van der Waals surface area contributed by atoms with Crippen molar-refractivity contribution in [3.63, 3.8) is 0 Å². The molecule has 0 radical (unpaired) electrons. The zero-order chi connectivity index (χ0) is 23.5. The molecule has 174 valence electrons. The van der Waals surface area contributed by atoms with Gasteiger partial charge in [0.15, 0.2) is 0 Å². The van der Waals surface area contributed by atoms with Gasteiger partial charge in [0, 0.05) is 11.3 Å². The van der Waals surface area contributed by atoms with Crippen molar-refractivity contribution in [1.29, 1.82) is 0 Å². The van der Waals surface area contributed by atoms with Gasteiger partial charge in [0.25, 0.3) is 0 Å². The molecule has 0 aliphatic rings. The van der Waals surface area contributed by atoms with Crippen molar-refractivity contribution in [2.45, 2.75) is 64.8 Å². The van der Waals surface area contributed by atoms with E-state index in [1.807, 2.05) is 12.1 Å². The van der Waals surface area contributed by atoms with Crippen molar-refractivity contribution < 1.29 is 19.1 Å². The van der Waals surface area contributed by atoms with Crippen LogP contribution in [0.4, 0.5) is 0 Å². The first-order valence-corrected chi connectivity index (χ1v) is 12.3. The number of benzene rings is 1. The Bertz CT molecular complexity index is 913. The Kier molecular flexibility index (Phi) is 10.7. The van der Waals surface area contributed by atoms with Gasteiger partial charge in [-0.2, -0.15) is 0 Å². The molecule has 0 saturated carbocycles. The van der Waals surface area contributed by atoms with Gasteiger partial charge >= 0.3 is 11.9 Å². The third-order valence-corrected chi connectivity index (χ3v) is 6.63. The Balaban J connectivity index is 2.04. The van der Waals surface area contributed by atoms with Crippen LogP contribution in [0.3, 0.4) is 0 Å². The van der Waals surface area contributed by atoms with Gasteiger partial charge in [0.1, 0.15) is 5.03 Å². The van der Waals surface area contributed by atoms with Crippen LogP contribution in [-0.2, 0) is 14.3 Å². The Morgan fingerprint density at radius 3 is 2.53 bits per heavy atom. The molecule has 2 rings (SSSR count). The topological polar surface area (TPSA) is 65.5 Å². The number of pyridine rings is 1. The van der Waals surface area contributed by atoms with Gasteiger partial charge in [-0.05, 0) is 55.5 Å². The van der Waals surface area contributed by atoms with Crippen molar-refractivity contribution in [2.75, 3.05) is 19.5 Å². The molecule has 0 spiro atoms. The number of carbonyl (C=O) groups excluding carboxylic acids is 2. The highest BCUT2D eigenvalue weighted by molar-refractivity contribution is 7.99. The van der Waals surface area contributed by atoms with Crippen LogP contribution in [0.5, 0.6) is 0 Å². The zero-order valence-electron chi connectivity index (χ0n) is 19.9. The molecule has 32 heavy (non-hydrogen) atoms. The lowest BCUT2D eigenvalue weighted by atomic mass is 10.0. The molecule has 5 nitrogen and oxygen atoms in total. The van der Waals surface area contributed by atoms with Crippen LogP contribution >= 0.6 is 11.8 Å². The van der Waals surface area contributed by atoms with Crippen LogP contribution in [-0.4, -0.2) is 36.4 Å². The smallest absolute Gasteiger partial charge is 0.340 e. The molecule has 1 aromatic heterocycles. The third kappa shape index (κ3) is 7.66. The van der Waals surface area contributed by atoms with Gasteiger partial charge in [0.2, 0.25) is 0 Å². The van der Waals surface area contributed by atoms with Crippen molar-refractivity contribution in [3.8, 4) is 11.3 Å². The van der Waals surface area contributed by atoms with Gasteiger partial charge in [0.05, 0.1) is 31.4 Å². The van der Waals surface area contributed by atoms with Gasteiger partial charge in [-0.1, -0.05) is 45.2 Å². The van der Waals surface area contributed by atoms with E-state index < -0.39 is 5.97 Å². The number of nitrogens with zero attached hydrogens (tertiary/aromatic N) is 1. The lowest BCUT2D eigenvalue weighted by Crippen LogP contribution is -2.14. The summed E-state index contributed by atoms with van der Waals surface area (Å²) in [5.74, 6) is 0.264. The SMILES string of the molecule is CCCCC(CC)COC(=O)CCSc1nc(-c2ccc(C)c(C)c2)ccc1C(=O)OC. The summed E-state index contributed by atoms with van der Waals surface area (Å²) >= 11 is 1.38. The molecule has 0 N–H and O–H groups in total. The minimum absolute atomic E-state index is 0.211. The number of aryl methyl sites for hydroxylation is 2. The molecule has 0 aliphatic carbocycles. The van der Waals surface area contributed by atoms with E-state index in [2.05, 4.69) is 39.8 Å². The quantitative estimate of drug-likeness (QED) is 0.272. The standard InChI is InChI=1S/C26H35NO4S/c1-6-8-9-20(7-2)17-31-24(28)14-15-32-25-22(26(29)30-5)12-13-23(27-25)21-11-10-18(3)19(4)16-21/h10-13,16,20H,6-9,14-15,17H2,1-5H3. The summed E-state index contributed by atoms with van der Waals surface area (Å²) in [7, 11) is 1.36. The molecular formula is C26H35NO4S. The second-order valence-corrected chi connectivity index (χ2v) is 9.12. The van der Waals surface area contributed by atoms with Gasteiger partial charge in [-0.15, -0.1) is 11.8 Å². The first kappa shape index (κ1) is 25.9. The highest BCUT2D eigenvalue weighted by Gasteiger charge is 2.17. The highest BCUT2D eigenvalue weighted by Crippen LogP contribution is 2.28. The van der Waals surface area contributed by atoms with E-state index in [1.165, 1.54) is 30.0 Å². The number of methoxy groups -OCH3 is 1. The predicted octanol–water partition coefficient (Wildman–Crippen LogP) is 6.39. The fourth-order valence-electron chi connectivity index (χ4n) is 3.29. The maximum atomic E-state index is 12.2. The predicted molar refractivity (Wildman–Crippen MR) is 130 cm³/mol. The largest absolute Gasteiger partial charge is 0.465 e. The van der Waals surface area contributed by atoms with Gasteiger partial charge in [-0.3, -0.25) is 4.79 Å². The number of esters is 2. The molecule has 6 heteroatoms. The summed E-state index contributed by atoms with van der Waals surface area (Å²) in [5.41, 5.74) is 4.58. The molecule has 0 bridgehead atoms. The monoisotopic (exact) mass is 457 g/mol. The first-order valence-electron chi connectivity index (χ1n) is 11.3. The highest BCUT2D eigenvalue weighted by atomic mass is 32.2. The lowest BCUT2D eigenvalue weighted by molar-refractivity contribution is -0.144. The van der Waals surface area contributed by atoms with E-state index in [4.69, 9.17) is 14.5 Å². The molecule has 0 saturated heterocycles. The lowest BCUT2D eigenvalue weighted by Gasteiger charge is -2.14. The average molecular weight is 458 g/mol. The molecular weight excluding hydrogens is 422 g/mol. The number of hydrogen-bond acceptors (Lipinski definition) is 6. The second-order valence-electron chi connectivity index (χ2n) is 8.04. The minimum atomic E-state index is -0.434. The number of rotatable bonds is 12. The van der Waals surface area contributed by atoms with Crippen molar-refractivity contribution in [1.82, 2.24) is 4.98 Å². The van der Waals surface area contributed by atoms with Crippen LogP contribution in [0, 0.1) is 19.8 Å². The number of thioether (sulfide) groups is 1. The third-order valence-electron chi connectivity index (χ3n) is 5.64. The normalized spacial score (nSPS) is 11.8. The summed E-state index contributed by atoms with van der Waals surface area (Å²) in [5, 5.41) is 0.565. The zero-order valence-corrected chi connectivity index (χ0v) is 20.7. The van der Waals surface area contributed by atoms with Crippen molar-refractivity contribution >= 4 is 23.7 Å². The number of unbranched alkanes of at least 4 members (excludes halogenated alkanes) is 1. The molecule has 1 heterocycles. The summed E-state index contributed by atoms with van der Waals surface area (Å²) in [6.45, 7) is 8.91. The van der Waals surface area contributed by atoms with E-state index in [9.17, 15) is 9.59 Å². The van der Waals surface area contributed by atoms with Crippen LogP contribution in [0.1, 0.15) is 67.4 Å². The maximum Gasteiger partial charge on any atom is 0.340 e. The number of carbonyl (C=O) groups is 2. The summed E-state index contributed by atoms with van der Waals surface area (Å²) in [4.78, 5) is 29.1. The first-order chi connectivity index (χ1) is 15.4. The van der Waals surface area contributed by atoms with Crippen molar-refractivity contribution in [2.24, 2.45) is 5.92 Å². The van der Waals surface area contributed by atoms with Gasteiger partial charge in [-0.25, -0.2) is 9.78 Å². The van der Waals surface area contributed by atoms with E-state index >= 15 is 0 Å². The number of ether oxygens (including phenoxy) is 2. The second kappa shape index (κ2) is 13.3. The minimum Gasteiger partial charge on any atom is -0.465 e. The van der Waals surface area contributed by atoms with Gasteiger partial charge < -0.3 is 9.47 Å². The van der Waals surface area contributed by atoms with E-state index in [0.717, 1.165) is 36.9 Å². The van der Waals surface area contributed by atoms with E-state index in [-0.39, 0.29) is 12.4 Å². The van der Waals surface area contributed by atoms with Crippen LogP contribution in [0.25, 0.3) is 11.3 Å². The Morgan fingerprint density at radius 1 is 1.09 bits per heavy atom. The average Bonchev–Trinajstić information content (AvgIpc) is 2.80. The fraction of sp³-hybridized carbons (Fsp3) is 0.500. The number of hydrogen-bond donors (Lipinski definition) is 0. The van der Waals surface area contributed by atoms with Crippen molar-refractivity contribution in [3.05, 3.63) is 47.0 Å². The molecule has 1 atom stereocenters. The van der Waals surface area contributed by atoms with Crippen LogP contribution in [0.2, 0.25) is 0 Å².